The van der Waals surface area contributed by atoms with Gasteiger partial charge >= 0.3 is 0 Å². The van der Waals surface area contributed by atoms with Crippen molar-refractivity contribution in [1.29, 1.82) is 0 Å². The number of carbonyl (C=O) groups excluding carboxylic acids is 2. The third-order valence-electron chi connectivity index (χ3n) is 5.44. The molecule has 1 fully saturated rings. The van der Waals surface area contributed by atoms with Gasteiger partial charge in [-0.3, -0.25) is 14.5 Å². The van der Waals surface area contributed by atoms with Gasteiger partial charge in [0, 0.05) is 18.3 Å². The number of hydrogen-bond acceptors (Lipinski definition) is 3. The number of para-hydroxylation sites is 1. The molecule has 0 heterocycles. The first-order chi connectivity index (χ1) is 13.0. The molecule has 0 atom stereocenters. The van der Waals surface area contributed by atoms with E-state index < -0.39 is 0 Å². The summed E-state index contributed by atoms with van der Waals surface area (Å²) in [6.45, 7) is 8.15. The summed E-state index contributed by atoms with van der Waals surface area (Å²) in [6.07, 6.45) is 7.03. The molecule has 1 aromatic carbocycles. The highest BCUT2D eigenvalue weighted by Gasteiger charge is 2.24. The number of nitrogens with one attached hydrogen (secondary N) is 1. The Morgan fingerprint density at radius 1 is 1.07 bits per heavy atom. The predicted molar refractivity (Wildman–Crippen MR) is 111 cm³/mol. The lowest BCUT2D eigenvalue weighted by molar-refractivity contribution is -0.136. The minimum atomic E-state index is -0.133. The third-order valence-corrected chi connectivity index (χ3v) is 5.44. The summed E-state index contributed by atoms with van der Waals surface area (Å²) in [6, 6.07) is 8.22. The Morgan fingerprint density at radius 2 is 1.78 bits per heavy atom. The van der Waals surface area contributed by atoms with Crippen molar-refractivity contribution in [2.75, 3.05) is 31.5 Å². The molecule has 1 saturated carbocycles. The number of anilines is 1. The molecule has 0 aromatic heterocycles. The van der Waals surface area contributed by atoms with Crippen LogP contribution in [0.25, 0.3) is 0 Å². The first kappa shape index (κ1) is 21.4. The number of aryl methyl sites for hydroxylation is 1. The minimum Gasteiger partial charge on any atom is -0.332 e. The molecule has 1 aliphatic rings. The SMILES string of the molecule is CCCN(CC(=O)Nc1ccccc1C)C(=O)CN(CC)C1CCCCC1. The van der Waals surface area contributed by atoms with Crippen LogP contribution in [0.3, 0.4) is 0 Å². The molecule has 1 aliphatic carbocycles. The fourth-order valence-electron chi connectivity index (χ4n) is 3.86. The Labute approximate surface area is 164 Å². The van der Waals surface area contributed by atoms with Gasteiger partial charge in [0.25, 0.3) is 0 Å². The standard InChI is InChI=1S/C22H35N3O2/c1-4-15-25(16-21(26)23-20-14-10-9-11-18(20)3)22(27)17-24(5-2)19-12-7-6-8-13-19/h9-11,14,19H,4-8,12-13,15-17H2,1-3H3,(H,23,26). The van der Waals surface area contributed by atoms with Crippen LogP contribution in [-0.4, -0.2) is 53.8 Å². The lowest BCUT2D eigenvalue weighted by Crippen LogP contribution is -2.47. The second-order valence-electron chi connectivity index (χ2n) is 7.53. The Hall–Kier alpha value is -1.88. The van der Waals surface area contributed by atoms with Crippen LogP contribution < -0.4 is 5.32 Å². The van der Waals surface area contributed by atoms with Gasteiger partial charge in [0.2, 0.25) is 11.8 Å². The second kappa shape index (κ2) is 11.1. The van der Waals surface area contributed by atoms with Crippen molar-refractivity contribution < 1.29 is 9.59 Å². The van der Waals surface area contributed by atoms with Crippen molar-refractivity contribution >= 4 is 17.5 Å². The largest absolute Gasteiger partial charge is 0.332 e. The van der Waals surface area contributed by atoms with Crippen molar-refractivity contribution in [3.8, 4) is 0 Å². The molecule has 2 rings (SSSR count). The topological polar surface area (TPSA) is 52.7 Å². The zero-order valence-corrected chi connectivity index (χ0v) is 17.2. The summed E-state index contributed by atoms with van der Waals surface area (Å²) >= 11 is 0. The van der Waals surface area contributed by atoms with Gasteiger partial charge in [-0.15, -0.1) is 0 Å². The van der Waals surface area contributed by atoms with E-state index in [0.717, 1.165) is 24.2 Å². The predicted octanol–water partition coefficient (Wildman–Crippen LogP) is 3.83. The van der Waals surface area contributed by atoms with E-state index >= 15 is 0 Å². The molecule has 0 radical (unpaired) electrons. The zero-order chi connectivity index (χ0) is 19.6. The van der Waals surface area contributed by atoms with Crippen molar-refractivity contribution in [3.63, 3.8) is 0 Å². The van der Waals surface area contributed by atoms with E-state index in [4.69, 9.17) is 0 Å². The van der Waals surface area contributed by atoms with Gasteiger partial charge in [-0.25, -0.2) is 0 Å². The Balaban J connectivity index is 1.94. The van der Waals surface area contributed by atoms with E-state index in [0.29, 0.717) is 19.1 Å². The van der Waals surface area contributed by atoms with E-state index in [1.54, 1.807) is 4.90 Å². The molecule has 1 N–H and O–H groups in total. The van der Waals surface area contributed by atoms with E-state index in [1.807, 2.05) is 38.1 Å². The van der Waals surface area contributed by atoms with Crippen LogP contribution in [0.2, 0.25) is 0 Å². The quantitative estimate of drug-likeness (QED) is 0.716. The summed E-state index contributed by atoms with van der Waals surface area (Å²) in [4.78, 5) is 29.4. The highest BCUT2D eigenvalue weighted by molar-refractivity contribution is 5.95. The molecule has 0 spiro atoms. The fraction of sp³-hybridized carbons (Fsp3) is 0.636. The molecule has 5 heteroatoms. The van der Waals surface area contributed by atoms with Gasteiger partial charge < -0.3 is 10.2 Å². The van der Waals surface area contributed by atoms with Gasteiger partial charge in [0.15, 0.2) is 0 Å². The molecule has 5 nitrogen and oxygen atoms in total. The summed E-state index contributed by atoms with van der Waals surface area (Å²) in [5, 5.41) is 2.94. The number of amides is 2. The lowest BCUT2D eigenvalue weighted by Gasteiger charge is -2.34. The zero-order valence-electron chi connectivity index (χ0n) is 17.2. The maximum absolute atomic E-state index is 12.9. The summed E-state index contributed by atoms with van der Waals surface area (Å²) < 4.78 is 0. The lowest BCUT2D eigenvalue weighted by atomic mass is 9.94. The molecular formula is C22H35N3O2. The van der Waals surface area contributed by atoms with Gasteiger partial charge in [-0.2, -0.15) is 0 Å². The number of rotatable bonds is 9. The van der Waals surface area contributed by atoms with Crippen LogP contribution in [-0.2, 0) is 9.59 Å². The van der Waals surface area contributed by atoms with Gasteiger partial charge in [0.05, 0.1) is 13.1 Å². The maximum Gasteiger partial charge on any atom is 0.244 e. The van der Waals surface area contributed by atoms with E-state index in [9.17, 15) is 9.59 Å². The Kier molecular flexibility index (Phi) is 8.79. The monoisotopic (exact) mass is 373 g/mol. The molecule has 0 saturated heterocycles. The molecule has 27 heavy (non-hydrogen) atoms. The second-order valence-corrected chi connectivity index (χ2v) is 7.53. The molecule has 2 amide bonds. The maximum atomic E-state index is 12.9. The van der Waals surface area contributed by atoms with Gasteiger partial charge in [-0.05, 0) is 44.4 Å². The molecular weight excluding hydrogens is 338 g/mol. The van der Waals surface area contributed by atoms with Gasteiger partial charge in [0.1, 0.15) is 0 Å². The van der Waals surface area contributed by atoms with E-state index in [-0.39, 0.29) is 18.4 Å². The number of carbonyl (C=O) groups is 2. The fourth-order valence-corrected chi connectivity index (χ4v) is 3.86. The summed E-state index contributed by atoms with van der Waals surface area (Å²) in [5.41, 5.74) is 1.83. The molecule has 0 unspecified atom stereocenters. The highest BCUT2D eigenvalue weighted by atomic mass is 16.2. The molecule has 150 valence electrons. The van der Waals surface area contributed by atoms with Crippen LogP contribution in [0.1, 0.15) is 57.9 Å². The van der Waals surface area contributed by atoms with Crippen molar-refractivity contribution in [2.24, 2.45) is 0 Å². The number of hydrogen-bond donors (Lipinski definition) is 1. The van der Waals surface area contributed by atoms with Gasteiger partial charge in [-0.1, -0.05) is 51.3 Å². The van der Waals surface area contributed by atoms with Crippen LogP contribution in [0.4, 0.5) is 5.69 Å². The smallest absolute Gasteiger partial charge is 0.244 e. The summed E-state index contributed by atoms with van der Waals surface area (Å²) in [7, 11) is 0. The number of likely N-dealkylation sites (N-methyl/N-ethyl adjacent to an activating group) is 1. The molecule has 0 aliphatic heterocycles. The van der Waals surface area contributed by atoms with Crippen LogP contribution in [0.15, 0.2) is 24.3 Å². The normalized spacial score (nSPS) is 15.0. The van der Waals surface area contributed by atoms with E-state index in [2.05, 4.69) is 17.1 Å². The highest BCUT2D eigenvalue weighted by Crippen LogP contribution is 2.22. The average molecular weight is 374 g/mol. The Bertz CT molecular complexity index is 611. The van der Waals surface area contributed by atoms with E-state index in [1.165, 1.54) is 32.1 Å². The number of benzene rings is 1. The van der Waals surface area contributed by atoms with Crippen molar-refractivity contribution in [3.05, 3.63) is 29.8 Å². The first-order valence-electron chi connectivity index (χ1n) is 10.4. The minimum absolute atomic E-state index is 0.0595. The van der Waals surface area contributed by atoms with Crippen LogP contribution in [0.5, 0.6) is 0 Å². The molecule has 0 bridgehead atoms. The van der Waals surface area contributed by atoms with Crippen LogP contribution >= 0.6 is 0 Å². The third kappa shape index (κ3) is 6.65. The van der Waals surface area contributed by atoms with Crippen molar-refractivity contribution in [2.45, 2.75) is 65.3 Å². The van der Waals surface area contributed by atoms with Crippen LogP contribution in [0, 0.1) is 6.92 Å². The first-order valence-corrected chi connectivity index (χ1v) is 10.4. The van der Waals surface area contributed by atoms with Crippen molar-refractivity contribution in [1.82, 2.24) is 9.80 Å². The molecule has 1 aromatic rings. The Morgan fingerprint density at radius 3 is 2.41 bits per heavy atom. The number of nitrogens with zero attached hydrogens (tertiary/aromatic N) is 2. The average Bonchev–Trinajstić information content (AvgIpc) is 2.68. The summed E-state index contributed by atoms with van der Waals surface area (Å²) in [5.74, 6) is -0.0731.